The van der Waals surface area contributed by atoms with E-state index in [9.17, 15) is 0 Å². The van der Waals surface area contributed by atoms with Crippen molar-refractivity contribution in [3.05, 3.63) is 29.0 Å². The molecule has 0 bridgehead atoms. The summed E-state index contributed by atoms with van der Waals surface area (Å²) in [6, 6.07) is 4.72. The van der Waals surface area contributed by atoms with Crippen LogP contribution >= 0.6 is 11.6 Å². The number of aromatic nitrogens is 1. The quantitative estimate of drug-likeness (QED) is 0.343. The minimum absolute atomic E-state index is 0.330. The Labute approximate surface area is 126 Å². The summed E-state index contributed by atoms with van der Waals surface area (Å²) in [5.41, 5.74) is 1.68. The standard InChI is InChI=1S/C14H22ClN3OSi/c1-20(2,3)9-8-19-11-18-13(6-7-16)12-4-5-14(15)17-10-12/h4-5,7,10,16H,6,8-9,11H2,1-3H3. The summed E-state index contributed by atoms with van der Waals surface area (Å²) in [6.07, 6.45) is 3.48. The minimum Gasteiger partial charge on any atom is -0.360 e. The molecule has 110 valence electrons. The van der Waals surface area contributed by atoms with Gasteiger partial charge in [-0.1, -0.05) is 31.2 Å². The van der Waals surface area contributed by atoms with E-state index in [1.54, 1.807) is 12.3 Å². The topological polar surface area (TPSA) is 58.3 Å². The van der Waals surface area contributed by atoms with Gasteiger partial charge >= 0.3 is 0 Å². The lowest BCUT2D eigenvalue weighted by Gasteiger charge is -2.14. The third-order valence-corrected chi connectivity index (χ3v) is 4.63. The first-order chi connectivity index (χ1) is 9.42. The fourth-order valence-corrected chi connectivity index (χ4v) is 2.35. The van der Waals surface area contributed by atoms with Crippen LogP contribution in [0, 0.1) is 5.41 Å². The molecule has 0 atom stereocenters. The molecule has 20 heavy (non-hydrogen) atoms. The Morgan fingerprint density at radius 2 is 2.20 bits per heavy atom. The second-order valence-electron chi connectivity index (χ2n) is 5.73. The maximum atomic E-state index is 7.24. The van der Waals surface area contributed by atoms with Gasteiger partial charge in [0, 0.05) is 39.1 Å². The van der Waals surface area contributed by atoms with Crippen molar-refractivity contribution in [3.8, 4) is 0 Å². The van der Waals surface area contributed by atoms with E-state index in [-0.39, 0.29) is 0 Å². The van der Waals surface area contributed by atoms with Crippen LogP contribution in [0.3, 0.4) is 0 Å². The van der Waals surface area contributed by atoms with Crippen LogP contribution in [0.1, 0.15) is 12.0 Å². The molecule has 0 aliphatic heterocycles. The lowest BCUT2D eigenvalue weighted by molar-refractivity contribution is 0.155. The summed E-state index contributed by atoms with van der Waals surface area (Å²) in [4.78, 5) is 8.44. The molecule has 1 aromatic heterocycles. The van der Waals surface area contributed by atoms with Gasteiger partial charge in [0.25, 0.3) is 0 Å². The highest BCUT2D eigenvalue weighted by Crippen LogP contribution is 2.09. The smallest absolute Gasteiger partial charge is 0.137 e. The number of ether oxygens (including phenoxy) is 1. The first-order valence-corrected chi connectivity index (χ1v) is 10.7. The van der Waals surface area contributed by atoms with Crippen molar-refractivity contribution in [1.29, 1.82) is 5.41 Å². The molecule has 0 saturated carbocycles. The van der Waals surface area contributed by atoms with E-state index in [1.165, 1.54) is 6.21 Å². The third-order valence-electron chi connectivity index (χ3n) is 2.70. The van der Waals surface area contributed by atoms with Gasteiger partial charge in [-0.25, -0.2) is 4.98 Å². The molecular weight excluding hydrogens is 290 g/mol. The van der Waals surface area contributed by atoms with Crippen molar-refractivity contribution in [2.75, 3.05) is 13.3 Å². The molecule has 1 rings (SSSR count). The highest BCUT2D eigenvalue weighted by Gasteiger charge is 2.11. The second-order valence-corrected chi connectivity index (χ2v) is 11.7. The number of hydrogen-bond acceptors (Lipinski definition) is 4. The number of nitrogens with one attached hydrogen (secondary N) is 1. The summed E-state index contributed by atoms with van der Waals surface area (Å²) in [5, 5.41) is 7.69. The molecule has 0 radical (unpaired) electrons. The van der Waals surface area contributed by atoms with E-state index in [0.29, 0.717) is 18.3 Å². The molecule has 0 fully saturated rings. The predicted molar refractivity (Wildman–Crippen MR) is 88.2 cm³/mol. The maximum Gasteiger partial charge on any atom is 0.137 e. The minimum atomic E-state index is -1.05. The van der Waals surface area contributed by atoms with E-state index in [2.05, 4.69) is 29.6 Å². The number of halogens is 1. The molecule has 1 N–H and O–H groups in total. The van der Waals surface area contributed by atoms with Gasteiger partial charge in [0.05, 0.1) is 5.71 Å². The molecule has 1 aromatic rings. The molecule has 0 saturated heterocycles. The molecule has 0 amide bonds. The Morgan fingerprint density at radius 1 is 1.45 bits per heavy atom. The van der Waals surface area contributed by atoms with E-state index in [0.717, 1.165) is 23.9 Å². The number of aliphatic imine (C=N–C) groups is 1. The van der Waals surface area contributed by atoms with Crippen molar-refractivity contribution in [2.45, 2.75) is 32.1 Å². The van der Waals surface area contributed by atoms with Crippen LogP contribution in [0.2, 0.25) is 30.8 Å². The van der Waals surface area contributed by atoms with Crippen LogP contribution in [0.25, 0.3) is 0 Å². The van der Waals surface area contributed by atoms with Gasteiger partial charge in [-0.05, 0) is 18.2 Å². The van der Waals surface area contributed by atoms with Gasteiger partial charge in [-0.2, -0.15) is 0 Å². The fraction of sp³-hybridized carbons (Fsp3) is 0.500. The largest absolute Gasteiger partial charge is 0.360 e. The monoisotopic (exact) mass is 311 g/mol. The molecule has 0 aromatic carbocycles. The summed E-state index contributed by atoms with van der Waals surface area (Å²) in [6.45, 7) is 8.03. The number of hydrogen-bond donors (Lipinski definition) is 1. The van der Waals surface area contributed by atoms with Crippen LogP contribution < -0.4 is 0 Å². The number of pyridine rings is 1. The highest BCUT2D eigenvalue weighted by molar-refractivity contribution is 6.76. The van der Waals surface area contributed by atoms with Crippen LogP contribution in [0.5, 0.6) is 0 Å². The molecule has 0 unspecified atom stereocenters. The molecule has 0 aliphatic carbocycles. The van der Waals surface area contributed by atoms with Gasteiger partial charge in [0.1, 0.15) is 11.9 Å². The average Bonchev–Trinajstić information content (AvgIpc) is 2.37. The SMILES string of the molecule is C[Si](C)(C)CCOCN=C(CC=N)c1ccc(Cl)nc1. The molecule has 4 nitrogen and oxygen atoms in total. The normalized spacial score (nSPS) is 12.5. The maximum absolute atomic E-state index is 7.24. The Morgan fingerprint density at radius 3 is 2.75 bits per heavy atom. The second kappa shape index (κ2) is 8.29. The number of rotatable bonds is 8. The molecule has 1 heterocycles. The zero-order chi connectivity index (χ0) is 15.0. The molecule has 0 aliphatic rings. The van der Waals surface area contributed by atoms with Crippen molar-refractivity contribution < 1.29 is 4.74 Å². The van der Waals surface area contributed by atoms with E-state index >= 15 is 0 Å². The van der Waals surface area contributed by atoms with Crippen LogP contribution in [-0.2, 0) is 4.74 Å². The van der Waals surface area contributed by atoms with Crippen molar-refractivity contribution in [3.63, 3.8) is 0 Å². The molecular formula is C14H22ClN3OSi. The van der Waals surface area contributed by atoms with Crippen molar-refractivity contribution >= 4 is 31.6 Å². The Balaban J connectivity index is 2.55. The van der Waals surface area contributed by atoms with Crippen molar-refractivity contribution in [2.24, 2.45) is 4.99 Å². The fourth-order valence-electron chi connectivity index (χ4n) is 1.48. The van der Waals surface area contributed by atoms with Gasteiger partial charge < -0.3 is 10.1 Å². The van der Waals surface area contributed by atoms with Crippen LogP contribution in [0.4, 0.5) is 0 Å². The predicted octanol–water partition coefficient (Wildman–Crippen LogP) is 3.88. The highest BCUT2D eigenvalue weighted by atomic mass is 35.5. The summed E-state index contributed by atoms with van der Waals surface area (Å²) >= 11 is 5.77. The first kappa shape index (κ1) is 17.0. The first-order valence-electron chi connectivity index (χ1n) is 6.64. The molecule has 0 spiro atoms. The Hall–Kier alpha value is -1.04. The van der Waals surface area contributed by atoms with E-state index in [4.69, 9.17) is 21.7 Å². The van der Waals surface area contributed by atoms with Gasteiger partial charge in [-0.3, -0.25) is 4.99 Å². The lowest BCUT2D eigenvalue weighted by Crippen LogP contribution is -2.21. The zero-order valence-corrected chi connectivity index (χ0v) is 14.1. The van der Waals surface area contributed by atoms with E-state index in [1.807, 2.05) is 6.07 Å². The van der Waals surface area contributed by atoms with E-state index < -0.39 is 8.07 Å². The molecule has 6 heteroatoms. The Kier molecular flexibility index (Phi) is 7.05. The van der Waals surface area contributed by atoms with Gasteiger partial charge in [0.2, 0.25) is 0 Å². The summed E-state index contributed by atoms with van der Waals surface area (Å²) in [5.74, 6) is 0. The van der Waals surface area contributed by atoms with Gasteiger partial charge in [-0.15, -0.1) is 0 Å². The summed E-state index contributed by atoms with van der Waals surface area (Å²) < 4.78 is 5.56. The third kappa shape index (κ3) is 6.93. The number of nitrogens with zero attached hydrogens (tertiary/aromatic N) is 2. The summed E-state index contributed by atoms with van der Waals surface area (Å²) in [7, 11) is -1.05. The Bertz CT molecular complexity index is 454. The average molecular weight is 312 g/mol. The van der Waals surface area contributed by atoms with Crippen LogP contribution in [-0.4, -0.2) is 38.3 Å². The zero-order valence-electron chi connectivity index (χ0n) is 12.3. The van der Waals surface area contributed by atoms with Crippen LogP contribution in [0.15, 0.2) is 23.3 Å². The van der Waals surface area contributed by atoms with Gasteiger partial charge in [0.15, 0.2) is 0 Å². The van der Waals surface area contributed by atoms with Crippen molar-refractivity contribution in [1.82, 2.24) is 4.98 Å². The lowest BCUT2D eigenvalue weighted by atomic mass is 10.1.